The summed E-state index contributed by atoms with van der Waals surface area (Å²) >= 11 is 0. The molecule has 4 rings (SSSR count). The Morgan fingerprint density at radius 3 is 2.75 bits per heavy atom. The molecule has 1 unspecified atom stereocenters. The van der Waals surface area contributed by atoms with Gasteiger partial charge in [0.15, 0.2) is 0 Å². The van der Waals surface area contributed by atoms with Crippen molar-refractivity contribution < 1.29 is 4.39 Å². The number of aryl methyl sites for hydroxylation is 1. The second kappa shape index (κ2) is 7.68. The maximum Gasteiger partial charge on any atom is 0.129 e. The molecule has 140 valence electrons. The Bertz CT molecular complexity index is 1110. The molecule has 0 aliphatic rings. The number of benzene rings is 1. The first-order valence-electron chi connectivity index (χ1n) is 9.13. The predicted octanol–water partition coefficient (Wildman–Crippen LogP) is 4.75. The van der Waals surface area contributed by atoms with Gasteiger partial charge >= 0.3 is 0 Å². The van der Waals surface area contributed by atoms with Gasteiger partial charge in [-0.05, 0) is 42.8 Å². The van der Waals surface area contributed by atoms with Crippen LogP contribution in [0.1, 0.15) is 24.1 Å². The van der Waals surface area contributed by atoms with Gasteiger partial charge in [0.05, 0.1) is 11.2 Å². The summed E-state index contributed by atoms with van der Waals surface area (Å²) in [6, 6.07) is 12.6. The average Bonchev–Trinajstić information content (AvgIpc) is 2.72. The van der Waals surface area contributed by atoms with Gasteiger partial charge in [-0.25, -0.2) is 14.4 Å². The zero-order valence-electron chi connectivity index (χ0n) is 15.7. The van der Waals surface area contributed by atoms with E-state index in [2.05, 4.69) is 25.3 Å². The molecule has 1 aromatic carbocycles. The molecule has 0 bridgehead atoms. The summed E-state index contributed by atoms with van der Waals surface area (Å²) in [6.07, 6.45) is 5.06. The van der Waals surface area contributed by atoms with Crippen LogP contribution in [0.15, 0.2) is 61.2 Å². The van der Waals surface area contributed by atoms with Crippen molar-refractivity contribution in [2.45, 2.75) is 19.8 Å². The second-order valence-electron chi connectivity index (χ2n) is 6.83. The molecule has 0 fully saturated rings. The average molecular weight is 373 g/mol. The molecule has 0 amide bonds. The Labute approximate surface area is 162 Å². The van der Waals surface area contributed by atoms with E-state index in [-0.39, 0.29) is 11.7 Å². The quantitative estimate of drug-likeness (QED) is 0.547. The monoisotopic (exact) mass is 373 g/mol. The lowest BCUT2D eigenvalue weighted by atomic mass is 9.97. The van der Waals surface area contributed by atoms with E-state index in [1.807, 2.05) is 44.2 Å². The molecule has 0 spiro atoms. The van der Waals surface area contributed by atoms with E-state index < -0.39 is 0 Å². The molecule has 0 aliphatic carbocycles. The third-order valence-corrected chi connectivity index (χ3v) is 4.69. The van der Waals surface area contributed by atoms with E-state index in [0.717, 1.165) is 33.4 Å². The number of pyridine rings is 2. The smallest absolute Gasteiger partial charge is 0.129 e. The molecule has 1 N–H and O–H groups in total. The largest absolute Gasteiger partial charge is 0.369 e. The molecule has 3 aromatic heterocycles. The lowest BCUT2D eigenvalue weighted by Gasteiger charge is -2.16. The van der Waals surface area contributed by atoms with Crippen molar-refractivity contribution in [3.63, 3.8) is 0 Å². The van der Waals surface area contributed by atoms with E-state index >= 15 is 0 Å². The Morgan fingerprint density at radius 1 is 1.04 bits per heavy atom. The Kier molecular flexibility index (Phi) is 4.93. The summed E-state index contributed by atoms with van der Waals surface area (Å²) in [5.74, 6) is 0.511. The number of aromatic nitrogens is 4. The van der Waals surface area contributed by atoms with Crippen molar-refractivity contribution in [2.75, 3.05) is 11.9 Å². The van der Waals surface area contributed by atoms with Crippen molar-refractivity contribution in [2.24, 2.45) is 0 Å². The zero-order valence-corrected chi connectivity index (χ0v) is 15.7. The maximum absolute atomic E-state index is 14.0. The van der Waals surface area contributed by atoms with Gasteiger partial charge in [0.25, 0.3) is 0 Å². The van der Waals surface area contributed by atoms with E-state index in [9.17, 15) is 4.39 Å². The summed E-state index contributed by atoms with van der Waals surface area (Å²) < 4.78 is 14.0. The Hall–Kier alpha value is -3.41. The summed E-state index contributed by atoms with van der Waals surface area (Å²) in [7, 11) is 0. The first kappa shape index (κ1) is 18.0. The zero-order chi connectivity index (χ0) is 19.5. The standard InChI is InChI=1S/C22H20FN5/c1-14(19-9-18(23)8-16-4-3-7-24-22(16)19)11-26-21-10-20(27-13-28-21)17-6-5-15(2)25-12-17/h3-10,12-14H,11H2,1-2H3,(H,26,27,28). The van der Waals surface area contributed by atoms with Gasteiger partial charge in [-0.2, -0.15) is 0 Å². The van der Waals surface area contributed by atoms with Crippen LogP contribution in [0.25, 0.3) is 22.2 Å². The minimum absolute atomic E-state index is 0.0487. The molecular formula is C22H20FN5. The number of hydrogen-bond donors (Lipinski definition) is 1. The van der Waals surface area contributed by atoms with Crippen LogP contribution < -0.4 is 5.32 Å². The third-order valence-electron chi connectivity index (χ3n) is 4.69. The highest BCUT2D eigenvalue weighted by Gasteiger charge is 2.13. The lowest BCUT2D eigenvalue weighted by molar-refractivity contribution is 0.624. The number of fused-ring (bicyclic) bond motifs is 1. The molecule has 1 atom stereocenters. The topological polar surface area (TPSA) is 63.6 Å². The molecule has 6 heteroatoms. The molecule has 28 heavy (non-hydrogen) atoms. The van der Waals surface area contributed by atoms with Crippen LogP contribution >= 0.6 is 0 Å². The van der Waals surface area contributed by atoms with Gasteiger partial charge in [-0.15, -0.1) is 0 Å². The number of anilines is 1. The summed E-state index contributed by atoms with van der Waals surface area (Å²) in [5, 5.41) is 4.13. The van der Waals surface area contributed by atoms with Crippen molar-refractivity contribution in [3.8, 4) is 11.3 Å². The summed E-state index contributed by atoms with van der Waals surface area (Å²) in [4.78, 5) is 17.4. The molecule has 0 saturated carbocycles. The van der Waals surface area contributed by atoms with Crippen molar-refractivity contribution in [1.29, 1.82) is 0 Å². The predicted molar refractivity (Wildman–Crippen MR) is 109 cm³/mol. The van der Waals surface area contributed by atoms with Crippen molar-refractivity contribution in [1.82, 2.24) is 19.9 Å². The van der Waals surface area contributed by atoms with Gasteiger partial charge < -0.3 is 5.32 Å². The van der Waals surface area contributed by atoms with Gasteiger partial charge in [-0.3, -0.25) is 9.97 Å². The van der Waals surface area contributed by atoms with E-state index in [4.69, 9.17) is 0 Å². The highest BCUT2D eigenvalue weighted by molar-refractivity contribution is 5.82. The summed E-state index contributed by atoms with van der Waals surface area (Å²) in [6.45, 7) is 4.59. The van der Waals surface area contributed by atoms with E-state index in [1.54, 1.807) is 18.5 Å². The third kappa shape index (κ3) is 3.81. The van der Waals surface area contributed by atoms with Crippen LogP contribution in [0.4, 0.5) is 10.2 Å². The van der Waals surface area contributed by atoms with E-state index in [1.165, 1.54) is 12.4 Å². The number of nitrogens with zero attached hydrogens (tertiary/aromatic N) is 4. The normalized spacial score (nSPS) is 12.1. The van der Waals surface area contributed by atoms with Gasteiger partial charge in [0.2, 0.25) is 0 Å². The number of halogens is 1. The van der Waals surface area contributed by atoms with Crippen LogP contribution in [0, 0.1) is 12.7 Å². The molecule has 0 aliphatic heterocycles. The van der Waals surface area contributed by atoms with Gasteiger partial charge in [-0.1, -0.05) is 13.0 Å². The van der Waals surface area contributed by atoms with Crippen LogP contribution in [-0.2, 0) is 0 Å². The minimum atomic E-state index is -0.251. The van der Waals surface area contributed by atoms with Crippen LogP contribution in [-0.4, -0.2) is 26.5 Å². The molecule has 3 heterocycles. The minimum Gasteiger partial charge on any atom is -0.369 e. The first-order valence-corrected chi connectivity index (χ1v) is 9.13. The highest BCUT2D eigenvalue weighted by Crippen LogP contribution is 2.26. The fourth-order valence-electron chi connectivity index (χ4n) is 3.16. The van der Waals surface area contributed by atoms with Crippen molar-refractivity contribution in [3.05, 3.63) is 78.3 Å². The van der Waals surface area contributed by atoms with Crippen molar-refractivity contribution >= 4 is 16.7 Å². The lowest BCUT2D eigenvalue weighted by Crippen LogP contribution is -2.12. The van der Waals surface area contributed by atoms with E-state index in [0.29, 0.717) is 12.4 Å². The molecular weight excluding hydrogens is 353 g/mol. The molecule has 5 nitrogen and oxygen atoms in total. The molecule has 4 aromatic rings. The van der Waals surface area contributed by atoms with Crippen LogP contribution in [0.5, 0.6) is 0 Å². The fourth-order valence-corrected chi connectivity index (χ4v) is 3.16. The number of nitrogens with one attached hydrogen (secondary N) is 1. The van der Waals surface area contributed by atoms with Gasteiger partial charge in [0.1, 0.15) is 18.0 Å². The molecule has 0 saturated heterocycles. The SMILES string of the molecule is Cc1ccc(-c2cc(NCC(C)c3cc(F)cc4cccnc34)ncn2)cn1. The van der Waals surface area contributed by atoms with Gasteiger partial charge in [0, 0.05) is 47.6 Å². The number of rotatable bonds is 5. The second-order valence-corrected chi connectivity index (χ2v) is 6.83. The van der Waals surface area contributed by atoms with Crippen LogP contribution in [0.3, 0.4) is 0 Å². The fraction of sp³-hybridized carbons (Fsp3) is 0.182. The summed E-state index contributed by atoms with van der Waals surface area (Å²) in [5.41, 5.74) is 4.40. The highest BCUT2D eigenvalue weighted by atomic mass is 19.1. The Balaban J connectivity index is 1.54. The number of hydrogen-bond acceptors (Lipinski definition) is 5. The molecule has 0 radical (unpaired) electrons. The maximum atomic E-state index is 14.0. The van der Waals surface area contributed by atoms with Crippen LogP contribution in [0.2, 0.25) is 0 Å². The Morgan fingerprint density at radius 2 is 1.93 bits per heavy atom. The first-order chi connectivity index (χ1) is 13.6.